The fourth-order valence-electron chi connectivity index (χ4n) is 1.75. The van der Waals surface area contributed by atoms with Crippen LogP contribution in [0.5, 0.6) is 0 Å². The van der Waals surface area contributed by atoms with Crippen molar-refractivity contribution in [3.8, 4) is 0 Å². The van der Waals surface area contributed by atoms with E-state index in [9.17, 15) is 0 Å². The lowest BCUT2D eigenvalue weighted by Gasteiger charge is -2.06. The van der Waals surface area contributed by atoms with Gasteiger partial charge in [-0.2, -0.15) is 0 Å². The van der Waals surface area contributed by atoms with Crippen LogP contribution in [0, 0.1) is 12.3 Å². The maximum atomic E-state index is 3.41. The molecule has 0 heteroatoms. The van der Waals surface area contributed by atoms with Gasteiger partial charge in [0, 0.05) is 6.42 Å². The monoisotopic (exact) mass is 132 g/mol. The van der Waals surface area contributed by atoms with Crippen LogP contribution in [0.1, 0.15) is 25.7 Å². The first-order chi connectivity index (χ1) is 4.97. The number of allylic oxidation sites excluding steroid dienone is 4. The minimum absolute atomic E-state index is 0.843. The molecule has 0 N–H and O–H groups in total. The molecule has 0 aromatic carbocycles. The van der Waals surface area contributed by atoms with E-state index in [2.05, 4.69) is 24.6 Å². The molecule has 10 heavy (non-hydrogen) atoms. The van der Waals surface area contributed by atoms with Crippen molar-refractivity contribution in [3.05, 3.63) is 30.2 Å². The van der Waals surface area contributed by atoms with Crippen LogP contribution >= 0.6 is 0 Å². The molecule has 1 unspecified atom stereocenters. The summed E-state index contributed by atoms with van der Waals surface area (Å²) in [5.74, 6) is 0.843. The molecule has 0 nitrogen and oxygen atoms in total. The summed E-state index contributed by atoms with van der Waals surface area (Å²) in [7, 11) is 0. The number of fused-ring (bicyclic) bond motifs is 1. The lowest BCUT2D eigenvalue weighted by atomic mass is 9.99. The highest BCUT2D eigenvalue weighted by molar-refractivity contribution is 5.27. The summed E-state index contributed by atoms with van der Waals surface area (Å²) in [6, 6.07) is 0. The van der Waals surface area contributed by atoms with Gasteiger partial charge in [-0.15, -0.1) is 0 Å². The minimum atomic E-state index is 0.843. The van der Waals surface area contributed by atoms with E-state index in [-0.39, 0.29) is 0 Å². The number of hydrogen-bond donors (Lipinski definition) is 0. The van der Waals surface area contributed by atoms with Crippen LogP contribution < -0.4 is 0 Å². The Morgan fingerprint density at radius 2 is 2.40 bits per heavy atom. The summed E-state index contributed by atoms with van der Waals surface area (Å²) in [6.07, 6.45) is 15.2. The van der Waals surface area contributed by atoms with Gasteiger partial charge in [0.15, 0.2) is 0 Å². The first kappa shape index (κ1) is 6.21. The van der Waals surface area contributed by atoms with Crippen LogP contribution in [0.3, 0.4) is 0 Å². The molecule has 2 aliphatic carbocycles. The molecule has 0 spiro atoms. The smallest absolute Gasteiger partial charge is 0.0123 e. The van der Waals surface area contributed by atoms with Crippen molar-refractivity contribution in [1.29, 1.82) is 0 Å². The summed E-state index contributed by atoms with van der Waals surface area (Å²) >= 11 is 0. The van der Waals surface area contributed by atoms with Crippen molar-refractivity contribution in [2.75, 3.05) is 0 Å². The van der Waals surface area contributed by atoms with Crippen molar-refractivity contribution >= 4 is 0 Å². The predicted molar refractivity (Wildman–Crippen MR) is 42.4 cm³/mol. The Kier molecular flexibility index (Phi) is 1.62. The molecule has 0 saturated heterocycles. The second-order valence-electron chi connectivity index (χ2n) is 3.04. The number of rotatable bonds is 0. The van der Waals surface area contributed by atoms with Crippen LogP contribution in [0.25, 0.3) is 0 Å². The third-order valence-electron chi connectivity index (χ3n) is 2.36. The van der Waals surface area contributed by atoms with Gasteiger partial charge in [0.25, 0.3) is 0 Å². The van der Waals surface area contributed by atoms with Crippen molar-refractivity contribution in [3.63, 3.8) is 0 Å². The maximum absolute atomic E-state index is 3.41. The fraction of sp³-hybridized carbons (Fsp3) is 0.500. The quantitative estimate of drug-likeness (QED) is 0.475. The zero-order chi connectivity index (χ0) is 6.81. The highest BCUT2D eigenvalue weighted by Crippen LogP contribution is 2.34. The van der Waals surface area contributed by atoms with Crippen molar-refractivity contribution in [2.24, 2.45) is 5.92 Å². The molecular formula is C10H12. The molecule has 52 valence electrons. The molecule has 2 aliphatic rings. The van der Waals surface area contributed by atoms with Gasteiger partial charge >= 0.3 is 0 Å². The minimum Gasteiger partial charge on any atom is -0.0845 e. The van der Waals surface area contributed by atoms with Gasteiger partial charge in [-0.3, -0.25) is 0 Å². The topological polar surface area (TPSA) is 0 Å². The SMILES string of the molecule is [C]1CCC2CCC=CC=C12. The molecule has 2 radical (unpaired) electrons. The van der Waals surface area contributed by atoms with Gasteiger partial charge in [-0.1, -0.05) is 23.8 Å². The van der Waals surface area contributed by atoms with E-state index in [1.165, 1.54) is 31.3 Å². The second kappa shape index (κ2) is 2.61. The Hall–Kier alpha value is -0.520. The maximum Gasteiger partial charge on any atom is 0.0123 e. The molecule has 0 aromatic rings. The van der Waals surface area contributed by atoms with Crippen LogP contribution in [0.2, 0.25) is 0 Å². The third kappa shape index (κ3) is 1.03. The van der Waals surface area contributed by atoms with Gasteiger partial charge in [-0.05, 0) is 31.6 Å². The third-order valence-corrected chi connectivity index (χ3v) is 2.36. The molecule has 0 aromatic heterocycles. The Bertz CT molecular complexity index is 174. The Labute approximate surface area is 62.6 Å². The average Bonchev–Trinajstić information content (AvgIpc) is 2.28. The molecular weight excluding hydrogens is 120 g/mol. The van der Waals surface area contributed by atoms with Crippen LogP contribution in [-0.4, -0.2) is 0 Å². The summed E-state index contributed by atoms with van der Waals surface area (Å²) < 4.78 is 0. The first-order valence-electron chi connectivity index (χ1n) is 4.07. The van der Waals surface area contributed by atoms with E-state index in [0.29, 0.717) is 0 Å². The zero-order valence-corrected chi connectivity index (χ0v) is 6.14. The molecule has 1 saturated carbocycles. The molecule has 1 atom stereocenters. The first-order valence-corrected chi connectivity index (χ1v) is 4.07. The van der Waals surface area contributed by atoms with Gasteiger partial charge in [0.2, 0.25) is 0 Å². The van der Waals surface area contributed by atoms with Gasteiger partial charge in [0.1, 0.15) is 0 Å². The lowest BCUT2D eigenvalue weighted by Crippen LogP contribution is -1.93. The second-order valence-corrected chi connectivity index (χ2v) is 3.04. The molecule has 0 bridgehead atoms. The predicted octanol–water partition coefficient (Wildman–Crippen LogP) is 2.75. The van der Waals surface area contributed by atoms with E-state index in [0.717, 1.165) is 5.92 Å². The van der Waals surface area contributed by atoms with Gasteiger partial charge < -0.3 is 0 Å². The van der Waals surface area contributed by atoms with Crippen LogP contribution in [0.4, 0.5) is 0 Å². The lowest BCUT2D eigenvalue weighted by molar-refractivity contribution is 0.582. The highest BCUT2D eigenvalue weighted by atomic mass is 14.2. The van der Waals surface area contributed by atoms with Crippen molar-refractivity contribution in [1.82, 2.24) is 0 Å². The molecule has 0 heterocycles. The summed E-state index contributed by atoms with van der Waals surface area (Å²) in [5.41, 5.74) is 1.47. The average molecular weight is 132 g/mol. The highest BCUT2D eigenvalue weighted by Gasteiger charge is 2.20. The van der Waals surface area contributed by atoms with E-state index >= 15 is 0 Å². The molecule has 2 rings (SSSR count). The summed E-state index contributed by atoms with van der Waals surface area (Å²) in [4.78, 5) is 0. The molecule has 1 fully saturated rings. The van der Waals surface area contributed by atoms with Crippen LogP contribution in [-0.2, 0) is 0 Å². The Morgan fingerprint density at radius 1 is 1.40 bits per heavy atom. The summed E-state index contributed by atoms with van der Waals surface area (Å²) in [5, 5.41) is 0. The molecule has 0 aliphatic heterocycles. The van der Waals surface area contributed by atoms with E-state index < -0.39 is 0 Å². The van der Waals surface area contributed by atoms with E-state index in [1.807, 2.05) is 0 Å². The van der Waals surface area contributed by atoms with Crippen LogP contribution in [0.15, 0.2) is 23.8 Å². The van der Waals surface area contributed by atoms with Crippen molar-refractivity contribution < 1.29 is 0 Å². The van der Waals surface area contributed by atoms with E-state index in [1.54, 1.807) is 0 Å². The fourth-order valence-corrected chi connectivity index (χ4v) is 1.75. The molecule has 0 amide bonds. The van der Waals surface area contributed by atoms with E-state index in [4.69, 9.17) is 0 Å². The number of hydrogen-bond acceptors (Lipinski definition) is 0. The van der Waals surface area contributed by atoms with Gasteiger partial charge in [0.05, 0.1) is 0 Å². The van der Waals surface area contributed by atoms with Gasteiger partial charge in [-0.25, -0.2) is 0 Å². The van der Waals surface area contributed by atoms with Crippen molar-refractivity contribution in [2.45, 2.75) is 25.7 Å². The standard InChI is InChI=1S/C10H12/c1-2-5-9-7-4-8-10(9)6-3-1/h1-2,5,10H,3-4,6,8H2. The largest absolute Gasteiger partial charge is 0.0845 e. The summed E-state index contributed by atoms with van der Waals surface area (Å²) in [6.45, 7) is 0. The Morgan fingerprint density at radius 3 is 3.40 bits per heavy atom. The zero-order valence-electron chi connectivity index (χ0n) is 6.14. The Balaban J connectivity index is 2.18. The normalized spacial score (nSPS) is 31.2.